The lowest BCUT2D eigenvalue weighted by atomic mass is 10.3. The van der Waals surface area contributed by atoms with Crippen LogP contribution in [0.3, 0.4) is 0 Å². The van der Waals surface area contributed by atoms with Gasteiger partial charge in [-0.15, -0.1) is 11.3 Å². The van der Waals surface area contributed by atoms with Crippen LogP contribution in [0.2, 0.25) is 0 Å². The number of thiazole rings is 1. The quantitative estimate of drug-likeness (QED) is 0.678. The monoisotopic (exact) mass is 146 g/mol. The first-order valence-corrected chi connectivity index (χ1v) is 3.48. The summed E-state index contributed by atoms with van der Waals surface area (Å²) in [7, 11) is 0. The third-order valence-corrected chi connectivity index (χ3v) is 1.60. The zero-order valence-electron chi connectivity index (χ0n) is 4.75. The van der Waals surface area contributed by atoms with Crippen LogP contribution in [0.25, 0.3) is 0 Å². The third kappa shape index (κ3) is 1.46. The molecule has 0 saturated carbocycles. The third-order valence-electron chi connectivity index (χ3n) is 0.998. The van der Waals surface area contributed by atoms with Crippen LogP contribution >= 0.6 is 11.3 Å². The number of hydrogen-bond acceptors (Lipinski definition) is 3. The standard InChI is InChI=1S/C5H7FN2S/c6-1-4(7)5-2-9-3-8-5/h2-4H,1,7H2. The Morgan fingerprint density at radius 2 is 2.67 bits per heavy atom. The van der Waals surface area contributed by atoms with Crippen molar-refractivity contribution in [3.8, 4) is 0 Å². The van der Waals surface area contributed by atoms with Gasteiger partial charge in [-0.25, -0.2) is 9.37 Å². The molecule has 0 fully saturated rings. The fourth-order valence-corrected chi connectivity index (χ4v) is 1.10. The summed E-state index contributed by atoms with van der Waals surface area (Å²) in [6.45, 7) is -0.538. The number of hydrogen-bond donors (Lipinski definition) is 1. The average Bonchev–Trinajstić information content (AvgIpc) is 2.37. The molecule has 0 aliphatic rings. The Kier molecular flexibility index (Phi) is 2.13. The van der Waals surface area contributed by atoms with Crippen LogP contribution < -0.4 is 5.73 Å². The van der Waals surface area contributed by atoms with Crippen molar-refractivity contribution >= 4 is 11.3 Å². The summed E-state index contributed by atoms with van der Waals surface area (Å²) in [5, 5.41) is 1.75. The molecule has 1 atom stereocenters. The minimum absolute atomic E-state index is 0.531. The van der Waals surface area contributed by atoms with Crippen molar-refractivity contribution in [3.63, 3.8) is 0 Å². The Bertz CT molecular complexity index is 163. The molecule has 0 aliphatic carbocycles. The zero-order chi connectivity index (χ0) is 6.69. The Morgan fingerprint density at radius 1 is 1.89 bits per heavy atom. The van der Waals surface area contributed by atoms with E-state index in [1.807, 2.05) is 0 Å². The molecule has 1 heterocycles. The molecule has 0 aliphatic heterocycles. The van der Waals surface area contributed by atoms with Gasteiger partial charge in [0.2, 0.25) is 0 Å². The van der Waals surface area contributed by atoms with E-state index in [4.69, 9.17) is 5.73 Å². The molecule has 9 heavy (non-hydrogen) atoms. The van der Waals surface area contributed by atoms with E-state index in [2.05, 4.69) is 4.98 Å². The number of rotatable bonds is 2. The van der Waals surface area contributed by atoms with E-state index in [0.29, 0.717) is 5.69 Å². The lowest BCUT2D eigenvalue weighted by Gasteiger charge is -1.99. The van der Waals surface area contributed by atoms with Gasteiger partial charge in [0.1, 0.15) is 6.67 Å². The van der Waals surface area contributed by atoms with Gasteiger partial charge in [0.25, 0.3) is 0 Å². The molecule has 0 aromatic carbocycles. The highest BCUT2D eigenvalue weighted by Crippen LogP contribution is 2.09. The van der Waals surface area contributed by atoms with Gasteiger partial charge in [-0.05, 0) is 0 Å². The highest BCUT2D eigenvalue weighted by Gasteiger charge is 2.05. The smallest absolute Gasteiger partial charge is 0.110 e. The topological polar surface area (TPSA) is 38.9 Å². The van der Waals surface area contributed by atoms with Gasteiger partial charge in [-0.1, -0.05) is 0 Å². The van der Waals surface area contributed by atoms with Crippen LogP contribution in [0.4, 0.5) is 4.39 Å². The van der Waals surface area contributed by atoms with Crippen LogP contribution in [0, 0.1) is 0 Å². The first-order chi connectivity index (χ1) is 4.34. The van der Waals surface area contributed by atoms with Gasteiger partial charge in [0.15, 0.2) is 0 Å². The lowest BCUT2D eigenvalue weighted by Crippen LogP contribution is -2.11. The molecule has 0 spiro atoms. The minimum atomic E-state index is -0.538. The van der Waals surface area contributed by atoms with Crippen molar-refractivity contribution in [3.05, 3.63) is 16.6 Å². The zero-order valence-corrected chi connectivity index (χ0v) is 5.57. The molecule has 0 saturated heterocycles. The molecule has 2 nitrogen and oxygen atoms in total. The second kappa shape index (κ2) is 2.89. The normalized spacial score (nSPS) is 13.6. The van der Waals surface area contributed by atoms with Crippen molar-refractivity contribution in [1.82, 2.24) is 4.98 Å². The molecule has 2 N–H and O–H groups in total. The molecule has 1 rings (SSSR count). The Hall–Kier alpha value is -0.480. The van der Waals surface area contributed by atoms with Crippen LogP contribution in [0.5, 0.6) is 0 Å². The number of halogens is 1. The molecule has 4 heteroatoms. The number of nitrogens with two attached hydrogens (primary N) is 1. The van der Waals surface area contributed by atoms with E-state index in [1.54, 1.807) is 10.9 Å². The van der Waals surface area contributed by atoms with Crippen LogP contribution in [0.15, 0.2) is 10.9 Å². The Balaban J connectivity index is 2.65. The van der Waals surface area contributed by atoms with Crippen molar-refractivity contribution in [2.45, 2.75) is 6.04 Å². The molecule has 1 aromatic heterocycles. The molecular formula is C5H7FN2S. The molecule has 1 aromatic rings. The summed E-state index contributed by atoms with van der Waals surface area (Å²) < 4.78 is 11.8. The van der Waals surface area contributed by atoms with Crippen LogP contribution in [-0.2, 0) is 0 Å². The van der Waals surface area contributed by atoms with E-state index in [-0.39, 0.29) is 0 Å². The van der Waals surface area contributed by atoms with Crippen LogP contribution in [-0.4, -0.2) is 11.7 Å². The molecule has 0 amide bonds. The summed E-state index contributed by atoms with van der Waals surface area (Å²) in [6.07, 6.45) is 0. The van der Waals surface area contributed by atoms with Crippen LogP contribution in [0.1, 0.15) is 11.7 Å². The highest BCUT2D eigenvalue weighted by atomic mass is 32.1. The van der Waals surface area contributed by atoms with Gasteiger partial charge < -0.3 is 5.73 Å². The molecular weight excluding hydrogens is 139 g/mol. The number of aromatic nitrogens is 1. The summed E-state index contributed by atoms with van der Waals surface area (Å²) >= 11 is 1.43. The summed E-state index contributed by atoms with van der Waals surface area (Å²) in [5.74, 6) is 0. The minimum Gasteiger partial charge on any atom is -0.320 e. The molecule has 0 radical (unpaired) electrons. The van der Waals surface area contributed by atoms with E-state index < -0.39 is 12.7 Å². The van der Waals surface area contributed by atoms with Gasteiger partial charge in [-0.2, -0.15) is 0 Å². The summed E-state index contributed by atoms with van der Waals surface area (Å²) in [6, 6.07) is -0.531. The molecule has 1 unspecified atom stereocenters. The predicted octanol–water partition coefficient (Wildman–Crippen LogP) is 1.11. The van der Waals surface area contributed by atoms with E-state index in [0.717, 1.165) is 0 Å². The SMILES string of the molecule is NC(CF)c1cscn1. The van der Waals surface area contributed by atoms with Crippen molar-refractivity contribution in [2.75, 3.05) is 6.67 Å². The van der Waals surface area contributed by atoms with Gasteiger partial charge >= 0.3 is 0 Å². The second-order valence-corrected chi connectivity index (χ2v) is 2.39. The van der Waals surface area contributed by atoms with Gasteiger partial charge in [-0.3, -0.25) is 0 Å². The second-order valence-electron chi connectivity index (χ2n) is 1.67. The fraction of sp³-hybridized carbons (Fsp3) is 0.400. The highest BCUT2D eigenvalue weighted by molar-refractivity contribution is 7.07. The van der Waals surface area contributed by atoms with E-state index in [9.17, 15) is 4.39 Å². The van der Waals surface area contributed by atoms with Crippen molar-refractivity contribution in [1.29, 1.82) is 0 Å². The summed E-state index contributed by atoms with van der Waals surface area (Å²) in [5.41, 5.74) is 7.59. The molecule has 0 bridgehead atoms. The first kappa shape index (κ1) is 6.64. The van der Waals surface area contributed by atoms with Crippen molar-refractivity contribution in [2.24, 2.45) is 5.73 Å². The number of nitrogens with zero attached hydrogens (tertiary/aromatic N) is 1. The fourth-order valence-electron chi connectivity index (χ4n) is 0.484. The maximum atomic E-state index is 11.8. The maximum absolute atomic E-state index is 11.8. The van der Waals surface area contributed by atoms with E-state index >= 15 is 0 Å². The average molecular weight is 146 g/mol. The maximum Gasteiger partial charge on any atom is 0.110 e. The van der Waals surface area contributed by atoms with Crippen molar-refractivity contribution < 1.29 is 4.39 Å². The lowest BCUT2D eigenvalue weighted by molar-refractivity contribution is 0.433. The van der Waals surface area contributed by atoms with E-state index in [1.165, 1.54) is 11.3 Å². The van der Waals surface area contributed by atoms with Gasteiger partial charge in [0.05, 0.1) is 17.2 Å². The first-order valence-electron chi connectivity index (χ1n) is 2.54. The Morgan fingerprint density at radius 3 is 3.11 bits per heavy atom. The predicted molar refractivity (Wildman–Crippen MR) is 35.0 cm³/mol. The summed E-state index contributed by atoms with van der Waals surface area (Å²) in [4.78, 5) is 3.84. The Labute approximate surface area is 56.5 Å². The number of alkyl halides is 1. The largest absolute Gasteiger partial charge is 0.320 e. The molecule has 50 valence electrons. The van der Waals surface area contributed by atoms with Gasteiger partial charge in [0, 0.05) is 5.38 Å².